The zero-order valence-electron chi connectivity index (χ0n) is 20.5. The first kappa shape index (κ1) is 27.5. The molecule has 1 aromatic carbocycles. The summed E-state index contributed by atoms with van der Waals surface area (Å²) < 4.78 is 52.8. The third-order valence-electron chi connectivity index (χ3n) is 5.56. The molecule has 0 radical (unpaired) electrons. The van der Waals surface area contributed by atoms with Crippen LogP contribution in [0.1, 0.15) is 53.9 Å². The highest BCUT2D eigenvalue weighted by molar-refractivity contribution is 7.98. The van der Waals surface area contributed by atoms with Crippen LogP contribution in [0.5, 0.6) is 5.75 Å². The van der Waals surface area contributed by atoms with Gasteiger partial charge in [-0.05, 0) is 46.4 Å². The van der Waals surface area contributed by atoms with Crippen molar-refractivity contribution in [1.29, 1.82) is 0 Å². The molecule has 1 aromatic rings. The van der Waals surface area contributed by atoms with Crippen molar-refractivity contribution in [2.45, 2.75) is 75.3 Å². The number of thioether (sulfide) groups is 1. The van der Waals surface area contributed by atoms with Crippen molar-refractivity contribution in [3.63, 3.8) is 0 Å². The van der Waals surface area contributed by atoms with Crippen LogP contribution in [0.3, 0.4) is 0 Å². The number of carbonyl (C=O) groups excluding carboxylic acids is 1. The third-order valence-corrected chi connectivity index (χ3v) is 8.26. The van der Waals surface area contributed by atoms with Crippen LogP contribution in [0.4, 0.5) is 10.1 Å². The molecule has 0 saturated heterocycles. The van der Waals surface area contributed by atoms with Gasteiger partial charge in [0.2, 0.25) is 15.9 Å². The summed E-state index contributed by atoms with van der Waals surface area (Å²) in [6.07, 6.45) is 5.11. The second-order valence-electron chi connectivity index (χ2n) is 8.87. The Morgan fingerprint density at radius 1 is 1.30 bits per heavy atom. The van der Waals surface area contributed by atoms with Gasteiger partial charge in [-0.3, -0.25) is 0 Å². The monoisotopic (exact) mass is 502 g/mol. The molecule has 186 valence electrons. The molecule has 0 unspecified atom stereocenters. The zero-order valence-corrected chi connectivity index (χ0v) is 22.1. The third kappa shape index (κ3) is 6.22. The minimum absolute atomic E-state index is 0.0292. The summed E-state index contributed by atoms with van der Waals surface area (Å²) >= 11 is 1.35. The van der Waals surface area contributed by atoms with Gasteiger partial charge in [0.25, 0.3) is 0 Å². The molecule has 1 atom stereocenters. The Kier molecular flexibility index (Phi) is 9.24. The fraction of sp³-hybridized carbons (Fsp3) is 0.609. The summed E-state index contributed by atoms with van der Waals surface area (Å²) in [5, 5.41) is 0. The van der Waals surface area contributed by atoms with E-state index in [1.165, 1.54) is 22.1 Å². The topological polar surface area (TPSA) is 76.1 Å². The average molecular weight is 503 g/mol. The molecule has 0 fully saturated rings. The summed E-state index contributed by atoms with van der Waals surface area (Å²) in [5.41, 5.74) is 0.244. The number of carbonyl (C=O) groups is 1. The largest absolute Gasteiger partial charge is 0.461 e. The fourth-order valence-electron chi connectivity index (χ4n) is 3.69. The minimum atomic E-state index is -3.84. The van der Waals surface area contributed by atoms with Gasteiger partial charge in [0.15, 0.2) is 0 Å². The number of sulfonamides is 1. The number of hydrogen-bond acceptors (Lipinski definition) is 7. The average Bonchev–Trinajstić information content (AvgIpc) is 2.83. The van der Waals surface area contributed by atoms with Gasteiger partial charge in [0, 0.05) is 31.2 Å². The maximum atomic E-state index is 14.0. The fourth-order valence-corrected chi connectivity index (χ4v) is 5.79. The molecule has 0 N–H and O–H groups in total. The van der Waals surface area contributed by atoms with Crippen LogP contribution in [0.15, 0.2) is 34.0 Å². The zero-order chi connectivity index (χ0) is 25.0. The van der Waals surface area contributed by atoms with Crippen LogP contribution in [0.2, 0.25) is 0 Å². The molecular weight excluding hydrogens is 467 g/mol. The van der Waals surface area contributed by atoms with E-state index in [0.717, 1.165) is 19.3 Å². The summed E-state index contributed by atoms with van der Waals surface area (Å²) in [6, 6.07) is 3.00. The van der Waals surface area contributed by atoms with Gasteiger partial charge in [-0.15, -0.1) is 11.8 Å². The van der Waals surface area contributed by atoms with Gasteiger partial charge in [0.05, 0.1) is 17.2 Å². The van der Waals surface area contributed by atoms with Gasteiger partial charge < -0.3 is 14.4 Å². The Bertz CT molecular complexity index is 989. The molecule has 0 saturated carbocycles. The number of likely N-dealkylation sites (N-methyl/N-ethyl adjacent to an activating group) is 1. The van der Waals surface area contributed by atoms with Crippen LogP contribution in [-0.4, -0.2) is 56.7 Å². The Morgan fingerprint density at radius 2 is 1.97 bits per heavy atom. The molecular formula is C23H35FN2O5S2. The van der Waals surface area contributed by atoms with E-state index in [0.29, 0.717) is 23.4 Å². The molecule has 10 heteroatoms. The van der Waals surface area contributed by atoms with E-state index in [1.54, 1.807) is 20.0 Å². The lowest BCUT2D eigenvalue weighted by atomic mass is 10.0. The van der Waals surface area contributed by atoms with Crippen molar-refractivity contribution in [2.24, 2.45) is 0 Å². The number of fused-ring (bicyclic) bond motifs is 1. The molecule has 0 amide bonds. The van der Waals surface area contributed by atoms with Gasteiger partial charge in [-0.25, -0.2) is 13.2 Å². The number of esters is 1. The summed E-state index contributed by atoms with van der Waals surface area (Å²) in [4.78, 5) is 14.4. The van der Waals surface area contributed by atoms with Crippen LogP contribution in [0.25, 0.3) is 0 Å². The Morgan fingerprint density at radius 3 is 2.52 bits per heavy atom. The van der Waals surface area contributed by atoms with Crippen molar-refractivity contribution in [2.75, 3.05) is 31.4 Å². The predicted octanol–water partition coefficient (Wildman–Crippen LogP) is 4.96. The number of nitrogens with zero attached hydrogens (tertiary/aromatic N) is 2. The van der Waals surface area contributed by atoms with Gasteiger partial charge in [-0.2, -0.15) is 8.70 Å². The maximum Gasteiger partial charge on any atom is 0.370 e. The first-order valence-electron chi connectivity index (χ1n) is 11.1. The van der Waals surface area contributed by atoms with Crippen molar-refractivity contribution in [1.82, 2.24) is 4.31 Å². The van der Waals surface area contributed by atoms with Crippen molar-refractivity contribution >= 4 is 33.4 Å². The Hall–Kier alpha value is -1.78. The molecule has 1 aliphatic heterocycles. The molecule has 1 heterocycles. The molecule has 0 aromatic heterocycles. The highest BCUT2D eigenvalue weighted by Gasteiger charge is 2.40. The summed E-state index contributed by atoms with van der Waals surface area (Å²) in [7, 11) is -2.24. The smallest absolute Gasteiger partial charge is 0.370 e. The number of rotatable bonds is 8. The Labute approximate surface area is 201 Å². The quantitative estimate of drug-likeness (QED) is 0.215. The van der Waals surface area contributed by atoms with E-state index in [-0.39, 0.29) is 28.8 Å². The molecule has 0 spiro atoms. The van der Waals surface area contributed by atoms with E-state index in [1.807, 2.05) is 27.0 Å². The molecule has 0 bridgehead atoms. The number of anilines is 1. The van der Waals surface area contributed by atoms with E-state index in [9.17, 15) is 17.6 Å². The van der Waals surface area contributed by atoms with E-state index >= 15 is 0 Å². The molecule has 0 aliphatic carbocycles. The van der Waals surface area contributed by atoms with Gasteiger partial charge in [-0.1, -0.05) is 19.8 Å². The van der Waals surface area contributed by atoms with Gasteiger partial charge in [0.1, 0.15) is 16.9 Å². The molecule has 2 rings (SSSR count). The van der Waals surface area contributed by atoms with Crippen molar-refractivity contribution < 1.29 is 27.1 Å². The first-order chi connectivity index (χ1) is 15.4. The number of halogens is 1. The van der Waals surface area contributed by atoms with Crippen LogP contribution in [0, 0.1) is 0 Å². The van der Waals surface area contributed by atoms with Crippen LogP contribution in [-0.2, 0) is 19.6 Å². The number of hydrogen-bond donors (Lipinski definition) is 0. The second kappa shape index (κ2) is 11.1. The SMILES string of the molecule is CCCC[C@@H]1CN(C(C)(C)C)c2cc(SC)c(O/C=C(\F)C(=O)OCC)cc2S(=O)(=O)N1C. The van der Waals surface area contributed by atoms with Crippen LogP contribution >= 0.6 is 11.8 Å². The standard InChI is InChI=1S/C23H35FN2O5S2/c1-8-10-11-16-14-26(23(3,4)5)18-12-20(32-7)19(13-21(18)33(28,29)25(16)6)31-15-17(24)22(27)30-9-2/h12-13,15-16H,8-11,14H2,1-7H3/b17-15-/t16-/m1/s1. The van der Waals surface area contributed by atoms with Crippen LogP contribution < -0.4 is 9.64 Å². The van der Waals surface area contributed by atoms with E-state index < -0.39 is 21.8 Å². The maximum absolute atomic E-state index is 14.0. The van der Waals surface area contributed by atoms with Gasteiger partial charge >= 0.3 is 5.97 Å². The first-order valence-corrected chi connectivity index (χ1v) is 13.7. The van der Waals surface area contributed by atoms with Crippen molar-refractivity contribution in [3.8, 4) is 5.75 Å². The molecule has 7 nitrogen and oxygen atoms in total. The predicted molar refractivity (Wildman–Crippen MR) is 130 cm³/mol. The molecule has 1 aliphatic rings. The normalized spacial score (nSPS) is 19.1. The lowest BCUT2D eigenvalue weighted by Crippen LogP contribution is -2.48. The lowest BCUT2D eigenvalue weighted by Gasteiger charge is -2.39. The number of unbranched alkanes of at least 4 members (excludes halogenated alkanes) is 1. The van der Waals surface area contributed by atoms with E-state index in [2.05, 4.69) is 16.6 Å². The highest BCUT2D eigenvalue weighted by atomic mass is 32.2. The summed E-state index contributed by atoms with van der Waals surface area (Å²) in [5.74, 6) is -2.18. The Balaban J connectivity index is 2.64. The molecule has 33 heavy (non-hydrogen) atoms. The van der Waals surface area contributed by atoms with Crippen molar-refractivity contribution in [3.05, 3.63) is 24.2 Å². The van der Waals surface area contributed by atoms with E-state index in [4.69, 9.17) is 4.74 Å². The number of ether oxygens (including phenoxy) is 2. The number of benzene rings is 1. The highest BCUT2D eigenvalue weighted by Crippen LogP contribution is 2.43. The summed E-state index contributed by atoms with van der Waals surface area (Å²) in [6.45, 7) is 10.4. The lowest BCUT2D eigenvalue weighted by molar-refractivity contribution is -0.140. The second-order valence-corrected chi connectivity index (χ2v) is 11.7. The minimum Gasteiger partial charge on any atom is -0.461 e.